The fourth-order valence-electron chi connectivity index (χ4n) is 2.54. The molecule has 2 N–H and O–H groups in total. The number of carbonyl (C=O) groups is 1. The van der Waals surface area contributed by atoms with Gasteiger partial charge < -0.3 is 15.5 Å². The van der Waals surface area contributed by atoms with Crippen LogP contribution in [0.15, 0.2) is 29.3 Å². The molecule has 6 heteroatoms. The molecule has 0 fully saturated rings. The Morgan fingerprint density at radius 3 is 2.77 bits per heavy atom. The third kappa shape index (κ3) is 4.86. The molecule has 1 amide bonds. The number of para-hydroxylation sites is 1. The van der Waals surface area contributed by atoms with E-state index < -0.39 is 0 Å². The van der Waals surface area contributed by atoms with Crippen LogP contribution in [-0.2, 0) is 11.2 Å². The first-order valence-corrected chi connectivity index (χ1v) is 7.47. The summed E-state index contributed by atoms with van der Waals surface area (Å²) in [5.41, 5.74) is 2.55. The number of halogens is 1. The predicted molar refractivity (Wildman–Crippen MR) is 102 cm³/mol. The molecule has 1 aromatic carbocycles. The Kier molecular flexibility index (Phi) is 7.64. The highest BCUT2D eigenvalue weighted by molar-refractivity contribution is 14.0. The smallest absolute Gasteiger partial charge is 0.221 e. The second-order valence-electron chi connectivity index (χ2n) is 5.48. The van der Waals surface area contributed by atoms with Crippen LogP contribution in [0.2, 0.25) is 0 Å². The van der Waals surface area contributed by atoms with Crippen LogP contribution < -0.4 is 15.5 Å². The number of guanidine groups is 1. The van der Waals surface area contributed by atoms with Crippen LogP contribution in [0.25, 0.3) is 0 Å². The second-order valence-corrected chi connectivity index (χ2v) is 5.48. The Hall–Kier alpha value is -1.31. The quantitative estimate of drug-likeness (QED) is 0.450. The van der Waals surface area contributed by atoms with E-state index in [-0.39, 0.29) is 35.9 Å². The molecule has 122 valence electrons. The first-order valence-electron chi connectivity index (χ1n) is 7.47. The van der Waals surface area contributed by atoms with Gasteiger partial charge in [-0.05, 0) is 31.9 Å². The number of anilines is 1. The van der Waals surface area contributed by atoms with Crippen molar-refractivity contribution >= 4 is 41.5 Å². The molecular weight excluding hydrogens is 391 g/mol. The zero-order chi connectivity index (χ0) is 15.2. The number of hydrogen-bond acceptors (Lipinski definition) is 2. The summed E-state index contributed by atoms with van der Waals surface area (Å²) in [4.78, 5) is 18.1. The van der Waals surface area contributed by atoms with Gasteiger partial charge in [-0.3, -0.25) is 9.79 Å². The van der Waals surface area contributed by atoms with Gasteiger partial charge in [0.05, 0.1) is 0 Å². The molecule has 0 spiro atoms. The normalized spacial score (nSPS) is 13.6. The highest BCUT2D eigenvalue weighted by Crippen LogP contribution is 2.27. The van der Waals surface area contributed by atoms with Crippen molar-refractivity contribution in [3.05, 3.63) is 29.8 Å². The SMILES string of the molecule is CN=C(NCCC(=O)NC(C)C)N1CCc2ccccc21.I. The lowest BCUT2D eigenvalue weighted by atomic mass is 10.2. The van der Waals surface area contributed by atoms with E-state index in [1.807, 2.05) is 19.9 Å². The molecule has 5 nitrogen and oxygen atoms in total. The van der Waals surface area contributed by atoms with Gasteiger partial charge in [0.25, 0.3) is 0 Å². The zero-order valence-corrected chi connectivity index (χ0v) is 15.8. The molecule has 1 aliphatic heterocycles. The number of nitrogens with one attached hydrogen (secondary N) is 2. The Bertz CT molecular complexity index is 531. The van der Waals surface area contributed by atoms with Crippen LogP contribution in [0, 0.1) is 0 Å². The van der Waals surface area contributed by atoms with E-state index >= 15 is 0 Å². The third-order valence-corrected chi connectivity index (χ3v) is 3.44. The standard InChI is InChI=1S/C16H24N4O.HI/c1-12(2)19-15(21)8-10-18-16(17-3)20-11-9-13-6-4-5-7-14(13)20;/h4-7,12H,8-11H2,1-3H3,(H,17,18)(H,19,21);1H. The van der Waals surface area contributed by atoms with Gasteiger partial charge in [0, 0.05) is 38.3 Å². The molecular formula is C16H25IN4O. The number of hydrogen-bond donors (Lipinski definition) is 2. The van der Waals surface area contributed by atoms with Gasteiger partial charge >= 0.3 is 0 Å². The molecule has 0 aromatic heterocycles. The predicted octanol–water partition coefficient (Wildman–Crippen LogP) is 2.16. The van der Waals surface area contributed by atoms with E-state index in [9.17, 15) is 4.79 Å². The highest BCUT2D eigenvalue weighted by atomic mass is 127. The first kappa shape index (κ1) is 18.7. The number of rotatable bonds is 4. The largest absolute Gasteiger partial charge is 0.355 e. The topological polar surface area (TPSA) is 56.7 Å². The van der Waals surface area contributed by atoms with E-state index in [2.05, 4.69) is 38.7 Å². The molecule has 0 unspecified atom stereocenters. The summed E-state index contributed by atoms with van der Waals surface area (Å²) in [6, 6.07) is 8.55. The van der Waals surface area contributed by atoms with Crippen molar-refractivity contribution in [3.8, 4) is 0 Å². The van der Waals surface area contributed by atoms with E-state index in [1.165, 1.54) is 11.3 Å². The molecule has 1 aliphatic rings. The van der Waals surface area contributed by atoms with Gasteiger partial charge in [0.15, 0.2) is 5.96 Å². The minimum atomic E-state index is 0. The number of nitrogens with zero attached hydrogens (tertiary/aromatic N) is 2. The lowest BCUT2D eigenvalue weighted by Crippen LogP contribution is -2.42. The summed E-state index contributed by atoms with van der Waals surface area (Å²) in [6.45, 7) is 5.44. The van der Waals surface area contributed by atoms with Gasteiger partial charge in [0.1, 0.15) is 0 Å². The molecule has 1 aromatic rings. The number of aliphatic imine (C=N–C) groups is 1. The zero-order valence-electron chi connectivity index (χ0n) is 13.4. The Balaban J connectivity index is 0.00000242. The average molecular weight is 416 g/mol. The Labute approximate surface area is 149 Å². The van der Waals surface area contributed by atoms with Gasteiger partial charge in [0.2, 0.25) is 5.91 Å². The van der Waals surface area contributed by atoms with Crippen LogP contribution in [0.1, 0.15) is 25.8 Å². The minimum absolute atomic E-state index is 0. The van der Waals surface area contributed by atoms with E-state index in [0.29, 0.717) is 13.0 Å². The number of amides is 1. The van der Waals surface area contributed by atoms with E-state index in [0.717, 1.165) is 18.9 Å². The van der Waals surface area contributed by atoms with Crippen molar-refractivity contribution in [2.75, 3.05) is 25.0 Å². The van der Waals surface area contributed by atoms with Gasteiger partial charge in [-0.1, -0.05) is 18.2 Å². The van der Waals surface area contributed by atoms with Crippen molar-refractivity contribution < 1.29 is 4.79 Å². The van der Waals surface area contributed by atoms with Gasteiger partial charge in [-0.25, -0.2) is 0 Å². The average Bonchev–Trinajstić information content (AvgIpc) is 2.87. The number of benzene rings is 1. The minimum Gasteiger partial charge on any atom is -0.355 e. The fourth-order valence-corrected chi connectivity index (χ4v) is 2.54. The van der Waals surface area contributed by atoms with Crippen LogP contribution in [-0.4, -0.2) is 38.0 Å². The Morgan fingerprint density at radius 1 is 1.36 bits per heavy atom. The van der Waals surface area contributed by atoms with Crippen molar-refractivity contribution in [3.63, 3.8) is 0 Å². The summed E-state index contributed by atoms with van der Waals surface area (Å²) < 4.78 is 0. The lowest BCUT2D eigenvalue weighted by molar-refractivity contribution is -0.121. The second kappa shape index (κ2) is 8.97. The number of fused-ring (bicyclic) bond motifs is 1. The molecule has 22 heavy (non-hydrogen) atoms. The first-order chi connectivity index (χ1) is 10.1. The molecule has 0 atom stereocenters. The molecule has 0 radical (unpaired) electrons. The molecule has 0 saturated heterocycles. The van der Waals surface area contributed by atoms with Crippen LogP contribution >= 0.6 is 24.0 Å². The molecule has 1 heterocycles. The van der Waals surface area contributed by atoms with Crippen LogP contribution in [0.3, 0.4) is 0 Å². The Morgan fingerprint density at radius 2 is 2.09 bits per heavy atom. The van der Waals surface area contributed by atoms with Crippen molar-refractivity contribution in [1.82, 2.24) is 10.6 Å². The highest BCUT2D eigenvalue weighted by Gasteiger charge is 2.22. The summed E-state index contributed by atoms with van der Waals surface area (Å²) in [7, 11) is 1.78. The van der Waals surface area contributed by atoms with Crippen molar-refractivity contribution in [2.24, 2.45) is 4.99 Å². The molecule has 0 bridgehead atoms. The van der Waals surface area contributed by atoms with Crippen molar-refractivity contribution in [2.45, 2.75) is 32.7 Å². The fraction of sp³-hybridized carbons (Fsp3) is 0.500. The maximum atomic E-state index is 11.6. The van der Waals surface area contributed by atoms with Gasteiger partial charge in [-0.2, -0.15) is 0 Å². The molecule has 0 saturated carbocycles. The molecule has 2 rings (SSSR count). The molecule has 0 aliphatic carbocycles. The third-order valence-electron chi connectivity index (χ3n) is 3.44. The van der Waals surface area contributed by atoms with Crippen LogP contribution in [0.4, 0.5) is 5.69 Å². The van der Waals surface area contributed by atoms with E-state index in [4.69, 9.17) is 0 Å². The van der Waals surface area contributed by atoms with Crippen LogP contribution in [0.5, 0.6) is 0 Å². The summed E-state index contributed by atoms with van der Waals surface area (Å²) >= 11 is 0. The maximum absolute atomic E-state index is 11.6. The summed E-state index contributed by atoms with van der Waals surface area (Å²) in [6.07, 6.45) is 1.48. The maximum Gasteiger partial charge on any atom is 0.221 e. The lowest BCUT2D eigenvalue weighted by Gasteiger charge is -2.22. The summed E-state index contributed by atoms with van der Waals surface area (Å²) in [5.74, 6) is 0.895. The summed E-state index contributed by atoms with van der Waals surface area (Å²) in [5, 5.41) is 6.16. The van der Waals surface area contributed by atoms with Crippen molar-refractivity contribution in [1.29, 1.82) is 0 Å². The monoisotopic (exact) mass is 416 g/mol. The van der Waals surface area contributed by atoms with E-state index in [1.54, 1.807) is 7.05 Å². The van der Waals surface area contributed by atoms with Gasteiger partial charge in [-0.15, -0.1) is 24.0 Å². The number of carbonyl (C=O) groups excluding carboxylic acids is 1.